The molecule has 0 unspecified atom stereocenters. The smallest absolute Gasteiger partial charge is 0.335 e. The minimum absolute atomic E-state index is 0.285. The predicted octanol–water partition coefficient (Wildman–Crippen LogP) is 4.32. The Hall–Kier alpha value is -1.81. The van der Waals surface area contributed by atoms with Crippen molar-refractivity contribution in [2.45, 2.75) is 19.9 Å². The third-order valence-electron chi connectivity index (χ3n) is 3.15. The van der Waals surface area contributed by atoms with E-state index in [1.165, 1.54) is 5.56 Å². The molecule has 0 aliphatic carbocycles. The van der Waals surface area contributed by atoms with Gasteiger partial charge in [0, 0.05) is 16.7 Å². The minimum atomic E-state index is -0.916. The first-order chi connectivity index (χ1) is 9.60. The van der Waals surface area contributed by atoms with Crippen LogP contribution in [0.5, 0.6) is 0 Å². The first-order valence-electron chi connectivity index (χ1n) is 6.44. The molecule has 0 bridgehead atoms. The molecule has 20 heavy (non-hydrogen) atoms. The molecular formula is C16H16BrNO2. The number of aromatic carboxylic acids is 1. The molecule has 0 spiro atoms. The van der Waals surface area contributed by atoms with Gasteiger partial charge in [0.25, 0.3) is 0 Å². The molecule has 0 aromatic heterocycles. The van der Waals surface area contributed by atoms with Crippen molar-refractivity contribution in [3.8, 4) is 0 Å². The molecular weight excluding hydrogens is 318 g/mol. The van der Waals surface area contributed by atoms with Crippen LogP contribution in [-0.2, 0) is 13.0 Å². The van der Waals surface area contributed by atoms with Crippen LogP contribution in [0.1, 0.15) is 28.4 Å². The van der Waals surface area contributed by atoms with Gasteiger partial charge in [-0.2, -0.15) is 0 Å². The van der Waals surface area contributed by atoms with E-state index in [9.17, 15) is 4.79 Å². The quantitative estimate of drug-likeness (QED) is 0.856. The van der Waals surface area contributed by atoms with Gasteiger partial charge in [0.1, 0.15) is 0 Å². The van der Waals surface area contributed by atoms with Gasteiger partial charge in [-0.15, -0.1) is 0 Å². The number of benzene rings is 2. The van der Waals surface area contributed by atoms with Crippen molar-refractivity contribution in [3.63, 3.8) is 0 Å². The van der Waals surface area contributed by atoms with E-state index in [1.54, 1.807) is 12.1 Å². The Morgan fingerprint density at radius 2 is 1.90 bits per heavy atom. The van der Waals surface area contributed by atoms with Gasteiger partial charge in [-0.1, -0.05) is 41.1 Å². The number of nitrogens with one attached hydrogen (secondary N) is 1. The van der Waals surface area contributed by atoms with Crippen molar-refractivity contribution in [1.29, 1.82) is 0 Å². The highest BCUT2D eigenvalue weighted by Gasteiger charge is 2.06. The average molecular weight is 334 g/mol. The van der Waals surface area contributed by atoms with E-state index in [0.29, 0.717) is 6.54 Å². The highest BCUT2D eigenvalue weighted by Crippen LogP contribution is 2.20. The summed E-state index contributed by atoms with van der Waals surface area (Å²) in [4.78, 5) is 10.9. The summed E-state index contributed by atoms with van der Waals surface area (Å²) in [5.41, 5.74) is 3.67. The van der Waals surface area contributed by atoms with Crippen LogP contribution in [0.4, 0.5) is 5.69 Å². The summed E-state index contributed by atoms with van der Waals surface area (Å²) in [6.45, 7) is 2.77. The molecule has 0 aliphatic rings. The predicted molar refractivity (Wildman–Crippen MR) is 84.2 cm³/mol. The minimum Gasteiger partial charge on any atom is -0.478 e. The summed E-state index contributed by atoms with van der Waals surface area (Å²) in [5.74, 6) is -0.916. The SMILES string of the molecule is CCc1ccc(NCc2ccc(C(=O)O)cc2Br)cc1. The van der Waals surface area contributed by atoms with Crippen LogP contribution in [0.3, 0.4) is 0 Å². The Bertz CT molecular complexity index is 608. The largest absolute Gasteiger partial charge is 0.478 e. The maximum Gasteiger partial charge on any atom is 0.335 e. The van der Waals surface area contributed by atoms with Crippen LogP contribution in [-0.4, -0.2) is 11.1 Å². The highest BCUT2D eigenvalue weighted by atomic mass is 79.9. The summed E-state index contributed by atoms with van der Waals surface area (Å²) in [6.07, 6.45) is 1.03. The molecule has 0 aliphatic heterocycles. The van der Waals surface area contributed by atoms with Gasteiger partial charge in [-0.25, -0.2) is 4.79 Å². The molecule has 2 aromatic rings. The van der Waals surface area contributed by atoms with Crippen molar-refractivity contribution >= 4 is 27.6 Å². The summed E-state index contributed by atoms with van der Waals surface area (Å²) in [7, 11) is 0. The normalized spacial score (nSPS) is 10.3. The molecule has 2 N–H and O–H groups in total. The number of halogens is 1. The molecule has 0 fully saturated rings. The number of carbonyl (C=O) groups is 1. The molecule has 2 rings (SSSR count). The van der Waals surface area contributed by atoms with Crippen LogP contribution in [0.2, 0.25) is 0 Å². The van der Waals surface area contributed by atoms with E-state index in [2.05, 4.69) is 52.4 Å². The summed E-state index contributed by atoms with van der Waals surface area (Å²) >= 11 is 3.41. The lowest BCUT2D eigenvalue weighted by molar-refractivity contribution is 0.0697. The Balaban J connectivity index is 2.04. The van der Waals surface area contributed by atoms with Gasteiger partial charge in [-0.05, 0) is 41.8 Å². The van der Waals surface area contributed by atoms with Crippen molar-refractivity contribution in [2.75, 3.05) is 5.32 Å². The molecule has 0 heterocycles. The van der Waals surface area contributed by atoms with Crippen LogP contribution < -0.4 is 5.32 Å². The van der Waals surface area contributed by atoms with E-state index in [-0.39, 0.29) is 5.56 Å². The first-order valence-corrected chi connectivity index (χ1v) is 7.24. The van der Waals surface area contributed by atoms with Gasteiger partial charge in [-0.3, -0.25) is 0 Å². The fourth-order valence-electron chi connectivity index (χ4n) is 1.88. The maximum atomic E-state index is 10.9. The summed E-state index contributed by atoms with van der Waals surface area (Å²) in [5, 5.41) is 12.2. The van der Waals surface area contributed by atoms with E-state index in [4.69, 9.17) is 5.11 Å². The van der Waals surface area contributed by atoms with Gasteiger partial charge in [0.2, 0.25) is 0 Å². The zero-order valence-electron chi connectivity index (χ0n) is 11.2. The lowest BCUT2D eigenvalue weighted by Gasteiger charge is -2.09. The molecule has 0 saturated heterocycles. The topological polar surface area (TPSA) is 49.3 Å². The van der Waals surface area contributed by atoms with Crippen LogP contribution >= 0.6 is 15.9 Å². The molecule has 3 nitrogen and oxygen atoms in total. The third-order valence-corrected chi connectivity index (χ3v) is 3.88. The van der Waals surface area contributed by atoms with Gasteiger partial charge in [0.05, 0.1) is 5.56 Å². The molecule has 2 aromatic carbocycles. The molecule has 0 atom stereocenters. The second kappa shape index (κ2) is 6.57. The average Bonchev–Trinajstić information content (AvgIpc) is 2.46. The molecule has 104 valence electrons. The number of aryl methyl sites for hydroxylation is 1. The molecule has 0 radical (unpaired) electrons. The van der Waals surface area contributed by atoms with Crippen LogP contribution in [0, 0.1) is 0 Å². The van der Waals surface area contributed by atoms with Crippen LogP contribution in [0.15, 0.2) is 46.9 Å². The molecule has 4 heteroatoms. The lowest BCUT2D eigenvalue weighted by atomic mass is 10.1. The number of anilines is 1. The Morgan fingerprint density at radius 3 is 2.45 bits per heavy atom. The molecule has 0 saturated carbocycles. The van der Waals surface area contributed by atoms with Crippen molar-refractivity contribution in [2.24, 2.45) is 0 Å². The number of carboxylic acids is 1. The van der Waals surface area contributed by atoms with Gasteiger partial charge in [0.15, 0.2) is 0 Å². The fourth-order valence-corrected chi connectivity index (χ4v) is 2.40. The molecule has 0 amide bonds. The maximum absolute atomic E-state index is 10.9. The Labute approximate surface area is 126 Å². The second-order valence-corrected chi connectivity index (χ2v) is 5.37. The Morgan fingerprint density at radius 1 is 1.20 bits per heavy atom. The standard InChI is InChI=1S/C16H16BrNO2/c1-2-11-3-7-14(8-4-11)18-10-13-6-5-12(16(19)20)9-15(13)17/h3-9,18H,2,10H2,1H3,(H,19,20). The van der Waals surface area contributed by atoms with Gasteiger partial charge < -0.3 is 10.4 Å². The van der Waals surface area contributed by atoms with Crippen LogP contribution in [0.25, 0.3) is 0 Å². The van der Waals surface area contributed by atoms with Crippen molar-refractivity contribution < 1.29 is 9.90 Å². The third kappa shape index (κ3) is 3.61. The Kier molecular flexibility index (Phi) is 4.79. The summed E-state index contributed by atoms with van der Waals surface area (Å²) in [6, 6.07) is 13.4. The number of rotatable bonds is 5. The number of hydrogen-bond acceptors (Lipinski definition) is 2. The monoisotopic (exact) mass is 333 g/mol. The summed E-state index contributed by atoms with van der Waals surface area (Å²) < 4.78 is 0.801. The van der Waals surface area contributed by atoms with E-state index in [1.807, 2.05) is 6.07 Å². The zero-order chi connectivity index (χ0) is 14.5. The first kappa shape index (κ1) is 14.6. The van der Waals surface area contributed by atoms with E-state index >= 15 is 0 Å². The second-order valence-electron chi connectivity index (χ2n) is 4.52. The lowest BCUT2D eigenvalue weighted by Crippen LogP contribution is -2.02. The van der Waals surface area contributed by atoms with E-state index in [0.717, 1.165) is 22.1 Å². The number of hydrogen-bond donors (Lipinski definition) is 2. The van der Waals surface area contributed by atoms with Crippen molar-refractivity contribution in [1.82, 2.24) is 0 Å². The van der Waals surface area contributed by atoms with Crippen molar-refractivity contribution in [3.05, 3.63) is 63.6 Å². The van der Waals surface area contributed by atoms with Gasteiger partial charge >= 0.3 is 5.97 Å². The van der Waals surface area contributed by atoms with E-state index < -0.39 is 5.97 Å². The highest BCUT2D eigenvalue weighted by molar-refractivity contribution is 9.10. The number of carboxylic acid groups (broad SMARTS) is 1. The zero-order valence-corrected chi connectivity index (χ0v) is 12.8. The fraction of sp³-hybridized carbons (Fsp3) is 0.188.